The fourth-order valence-corrected chi connectivity index (χ4v) is 2.26. The summed E-state index contributed by atoms with van der Waals surface area (Å²) in [6.45, 7) is 2.08. The molecule has 6 nitrogen and oxygen atoms in total. The van der Waals surface area contributed by atoms with E-state index >= 15 is 0 Å². The van der Waals surface area contributed by atoms with Gasteiger partial charge in [0.05, 0.1) is 18.3 Å². The van der Waals surface area contributed by atoms with Gasteiger partial charge >= 0.3 is 0 Å². The molecule has 1 aromatic heterocycles. The monoisotopic (exact) mass is 306 g/mol. The molecule has 7 heteroatoms. The Kier molecular flexibility index (Phi) is 4.89. The van der Waals surface area contributed by atoms with Crippen LogP contribution in [0.15, 0.2) is 29.6 Å². The summed E-state index contributed by atoms with van der Waals surface area (Å²) < 4.78 is 10.8. The lowest BCUT2D eigenvalue weighted by molar-refractivity contribution is -0.255. The smallest absolute Gasteiger partial charge is 0.228 e. The zero-order chi connectivity index (χ0) is 15.2. The Morgan fingerprint density at radius 2 is 1.90 bits per heavy atom. The molecule has 0 N–H and O–H groups in total. The van der Waals surface area contributed by atoms with Crippen LogP contribution in [-0.2, 0) is 0 Å². The normalized spacial score (nSPS) is 10.1. The molecule has 0 saturated heterocycles. The summed E-state index contributed by atoms with van der Waals surface area (Å²) in [5.41, 5.74) is -0.252. The molecule has 1 heterocycles. The van der Waals surface area contributed by atoms with Crippen LogP contribution in [0.25, 0.3) is 0 Å². The van der Waals surface area contributed by atoms with Crippen molar-refractivity contribution in [2.45, 2.75) is 6.92 Å². The standard InChI is InChI=1S/C14H13NO5S/c1-2-19-11-5-3-4-6-12(11)20-7-10(16)13-15-9(8-21-13)14(17)18/h3-6,8H,2,7H2,1H3,(H,17,18)/p-1. The van der Waals surface area contributed by atoms with Crippen LogP contribution in [0.3, 0.4) is 0 Å². The molecule has 0 aliphatic carbocycles. The van der Waals surface area contributed by atoms with Crippen molar-refractivity contribution in [3.8, 4) is 11.5 Å². The quantitative estimate of drug-likeness (QED) is 0.713. The van der Waals surface area contributed by atoms with E-state index in [1.165, 1.54) is 5.38 Å². The number of para-hydroxylation sites is 2. The molecular weight excluding hydrogens is 294 g/mol. The van der Waals surface area contributed by atoms with Crippen LogP contribution >= 0.6 is 11.3 Å². The van der Waals surface area contributed by atoms with E-state index < -0.39 is 11.8 Å². The molecule has 0 spiro atoms. The second-order valence-electron chi connectivity index (χ2n) is 3.92. The molecule has 0 aliphatic heterocycles. The number of rotatable bonds is 7. The molecule has 0 saturated carbocycles. The third-order valence-electron chi connectivity index (χ3n) is 2.46. The number of carboxylic acids is 1. The van der Waals surface area contributed by atoms with Crippen LogP contribution in [0.4, 0.5) is 0 Å². The predicted molar refractivity (Wildman–Crippen MR) is 73.9 cm³/mol. The summed E-state index contributed by atoms with van der Waals surface area (Å²) in [4.78, 5) is 26.2. The van der Waals surface area contributed by atoms with Gasteiger partial charge in [0.25, 0.3) is 0 Å². The molecule has 21 heavy (non-hydrogen) atoms. The Balaban J connectivity index is 2.02. The van der Waals surface area contributed by atoms with Gasteiger partial charge in [-0.3, -0.25) is 4.79 Å². The molecule has 0 aliphatic rings. The molecule has 0 fully saturated rings. The number of carboxylic acid groups (broad SMARTS) is 1. The first kappa shape index (κ1) is 15.0. The van der Waals surface area contributed by atoms with Crippen molar-refractivity contribution in [2.75, 3.05) is 13.2 Å². The first-order chi connectivity index (χ1) is 10.1. The summed E-state index contributed by atoms with van der Waals surface area (Å²) in [6, 6.07) is 6.99. The van der Waals surface area contributed by atoms with Crippen molar-refractivity contribution in [1.82, 2.24) is 4.98 Å². The summed E-state index contributed by atoms with van der Waals surface area (Å²) in [7, 11) is 0. The molecular formula is C14H12NO5S-. The van der Waals surface area contributed by atoms with Gasteiger partial charge in [-0.1, -0.05) is 12.1 Å². The lowest BCUT2D eigenvalue weighted by Gasteiger charge is -2.10. The molecule has 110 valence electrons. The molecule has 0 radical (unpaired) electrons. The van der Waals surface area contributed by atoms with E-state index in [-0.39, 0.29) is 17.3 Å². The van der Waals surface area contributed by atoms with E-state index in [4.69, 9.17) is 9.47 Å². The Morgan fingerprint density at radius 1 is 1.24 bits per heavy atom. The number of benzene rings is 1. The number of Topliss-reactive ketones (excluding diaryl/α,β-unsaturated/α-hetero) is 1. The second kappa shape index (κ2) is 6.85. The highest BCUT2D eigenvalue weighted by Gasteiger charge is 2.13. The summed E-state index contributed by atoms with van der Waals surface area (Å²) in [6.07, 6.45) is 0. The van der Waals surface area contributed by atoms with Crippen LogP contribution in [0, 0.1) is 0 Å². The van der Waals surface area contributed by atoms with Gasteiger partial charge in [0.1, 0.15) is 0 Å². The number of carbonyl (C=O) groups is 2. The molecule has 0 amide bonds. The third-order valence-corrected chi connectivity index (χ3v) is 3.34. The number of carbonyl (C=O) groups excluding carboxylic acids is 2. The Bertz CT molecular complexity index is 652. The SMILES string of the molecule is CCOc1ccccc1OCC(=O)c1nc(C(=O)[O-])cs1. The number of thiazole rings is 1. The van der Waals surface area contributed by atoms with E-state index in [9.17, 15) is 14.7 Å². The highest BCUT2D eigenvalue weighted by atomic mass is 32.1. The van der Waals surface area contributed by atoms with Crippen molar-refractivity contribution in [3.63, 3.8) is 0 Å². The number of ketones is 1. The van der Waals surface area contributed by atoms with Gasteiger partial charge in [-0.2, -0.15) is 0 Å². The minimum Gasteiger partial charge on any atom is -0.543 e. The zero-order valence-electron chi connectivity index (χ0n) is 11.2. The van der Waals surface area contributed by atoms with Crippen molar-refractivity contribution < 1.29 is 24.2 Å². The third kappa shape index (κ3) is 3.79. The summed E-state index contributed by atoms with van der Waals surface area (Å²) in [5.74, 6) is -0.821. The number of hydrogen-bond acceptors (Lipinski definition) is 7. The summed E-state index contributed by atoms with van der Waals surface area (Å²) >= 11 is 0.943. The van der Waals surface area contributed by atoms with Gasteiger partial charge in [0.15, 0.2) is 23.1 Å². The minimum atomic E-state index is -1.41. The number of nitrogens with zero attached hydrogens (tertiary/aromatic N) is 1. The predicted octanol–water partition coefficient (Wildman–Crippen LogP) is 1.17. The van der Waals surface area contributed by atoms with Crippen molar-refractivity contribution >= 4 is 23.1 Å². The van der Waals surface area contributed by atoms with E-state index in [2.05, 4.69) is 4.98 Å². The van der Waals surface area contributed by atoms with Gasteiger partial charge in [-0.05, 0) is 19.1 Å². The number of ether oxygens (including phenoxy) is 2. The Labute approximate surface area is 125 Å². The van der Waals surface area contributed by atoms with Crippen molar-refractivity contribution in [3.05, 3.63) is 40.3 Å². The maximum absolute atomic E-state index is 11.9. The number of aromatic carboxylic acids is 1. The molecule has 2 rings (SSSR count). The van der Waals surface area contributed by atoms with Gasteiger partial charge < -0.3 is 19.4 Å². The van der Waals surface area contributed by atoms with Gasteiger partial charge in [0.2, 0.25) is 5.78 Å². The molecule has 0 unspecified atom stereocenters. The molecule has 1 aromatic carbocycles. The van der Waals surface area contributed by atoms with Crippen LogP contribution in [0.2, 0.25) is 0 Å². The largest absolute Gasteiger partial charge is 0.543 e. The highest BCUT2D eigenvalue weighted by Crippen LogP contribution is 2.26. The number of hydrogen-bond donors (Lipinski definition) is 0. The molecule has 0 bridgehead atoms. The highest BCUT2D eigenvalue weighted by molar-refractivity contribution is 7.11. The van der Waals surface area contributed by atoms with Crippen LogP contribution < -0.4 is 14.6 Å². The van der Waals surface area contributed by atoms with Crippen molar-refractivity contribution in [2.24, 2.45) is 0 Å². The van der Waals surface area contributed by atoms with Crippen LogP contribution in [0.1, 0.15) is 27.2 Å². The Hall–Kier alpha value is -2.41. The maximum atomic E-state index is 11.9. The van der Waals surface area contributed by atoms with Crippen LogP contribution in [0.5, 0.6) is 11.5 Å². The second-order valence-corrected chi connectivity index (χ2v) is 4.78. The molecule has 0 atom stereocenters. The first-order valence-corrected chi connectivity index (χ1v) is 7.04. The molecule has 2 aromatic rings. The van der Waals surface area contributed by atoms with E-state index in [0.29, 0.717) is 18.1 Å². The van der Waals surface area contributed by atoms with Crippen LogP contribution in [-0.4, -0.2) is 30.0 Å². The zero-order valence-corrected chi connectivity index (χ0v) is 12.0. The maximum Gasteiger partial charge on any atom is 0.228 e. The van der Waals surface area contributed by atoms with E-state index in [1.807, 2.05) is 6.92 Å². The lowest BCUT2D eigenvalue weighted by atomic mass is 10.3. The lowest BCUT2D eigenvalue weighted by Crippen LogP contribution is -2.23. The fraction of sp³-hybridized carbons (Fsp3) is 0.214. The first-order valence-electron chi connectivity index (χ1n) is 6.16. The van der Waals surface area contributed by atoms with Gasteiger partial charge in [0, 0.05) is 5.38 Å². The van der Waals surface area contributed by atoms with Gasteiger partial charge in [-0.15, -0.1) is 11.3 Å². The number of aromatic nitrogens is 1. The topological polar surface area (TPSA) is 88.6 Å². The Morgan fingerprint density at radius 3 is 2.48 bits per heavy atom. The van der Waals surface area contributed by atoms with E-state index in [1.54, 1.807) is 24.3 Å². The summed E-state index contributed by atoms with van der Waals surface area (Å²) in [5, 5.41) is 11.9. The van der Waals surface area contributed by atoms with E-state index in [0.717, 1.165) is 11.3 Å². The average Bonchev–Trinajstić information content (AvgIpc) is 2.96. The average molecular weight is 306 g/mol. The fourth-order valence-electron chi connectivity index (χ4n) is 1.54. The van der Waals surface area contributed by atoms with Gasteiger partial charge in [-0.25, -0.2) is 4.98 Å². The minimum absolute atomic E-state index is 0.0723. The van der Waals surface area contributed by atoms with Crippen molar-refractivity contribution in [1.29, 1.82) is 0 Å².